The maximum atomic E-state index is 12.8. The second-order valence-electron chi connectivity index (χ2n) is 6.52. The maximum absolute atomic E-state index is 12.8. The molecular weight excluding hydrogens is 308 g/mol. The van der Waals surface area contributed by atoms with E-state index in [0.717, 1.165) is 19.4 Å². The molecule has 0 saturated carbocycles. The largest absolute Gasteiger partial charge is 0.357 e. The summed E-state index contributed by atoms with van der Waals surface area (Å²) in [6.07, 6.45) is 5.25. The van der Waals surface area contributed by atoms with E-state index in [0.29, 0.717) is 37.6 Å². The van der Waals surface area contributed by atoms with E-state index >= 15 is 0 Å². The molecule has 8 heteroatoms. The van der Waals surface area contributed by atoms with Gasteiger partial charge in [-0.15, -0.1) is 0 Å². The van der Waals surface area contributed by atoms with Gasteiger partial charge in [0, 0.05) is 57.6 Å². The van der Waals surface area contributed by atoms with E-state index in [1.54, 1.807) is 19.4 Å². The lowest BCUT2D eigenvalue weighted by molar-refractivity contribution is -0.121. The normalized spacial score (nSPS) is 25.2. The van der Waals surface area contributed by atoms with Gasteiger partial charge in [0.05, 0.1) is 5.56 Å². The van der Waals surface area contributed by atoms with Gasteiger partial charge in [-0.3, -0.25) is 14.5 Å². The van der Waals surface area contributed by atoms with E-state index < -0.39 is 0 Å². The number of carbonyl (C=O) groups excluding carboxylic acids is 2. The van der Waals surface area contributed by atoms with Gasteiger partial charge >= 0.3 is 0 Å². The summed E-state index contributed by atoms with van der Waals surface area (Å²) in [6, 6.07) is 0. The van der Waals surface area contributed by atoms with Crippen LogP contribution in [0.3, 0.4) is 0 Å². The summed E-state index contributed by atoms with van der Waals surface area (Å²) in [5.41, 5.74) is 0.357. The second-order valence-corrected chi connectivity index (χ2v) is 6.52. The lowest BCUT2D eigenvalue weighted by Crippen LogP contribution is -2.62. The van der Waals surface area contributed by atoms with Crippen LogP contribution in [0.5, 0.6) is 0 Å². The van der Waals surface area contributed by atoms with Crippen LogP contribution in [0, 0.1) is 0 Å². The lowest BCUT2D eigenvalue weighted by atomic mass is 9.86. The van der Waals surface area contributed by atoms with Gasteiger partial charge in [0.25, 0.3) is 5.91 Å². The fraction of sp³-hybridized carbons (Fsp3) is 0.625. The summed E-state index contributed by atoms with van der Waals surface area (Å²) in [4.78, 5) is 36.9. The number of nitrogens with zero attached hydrogens (tertiary/aromatic N) is 4. The molecule has 0 aromatic carbocycles. The van der Waals surface area contributed by atoms with Crippen molar-refractivity contribution in [2.24, 2.45) is 0 Å². The smallest absolute Gasteiger partial charge is 0.257 e. The average Bonchev–Trinajstić information content (AvgIpc) is 2.79. The highest BCUT2D eigenvalue weighted by atomic mass is 16.2. The van der Waals surface area contributed by atoms with Crippen molar-refractivity contribution in [1.29, 1.82) is 0 Å². The lowest BCUT2D eigenvalue weighted by Gasteiger charge is -2.49. The molecular formula is C16H24N6O2. The van der Waals surface area contributed by atoms with Crippen molar-refractivity contribution in [1.82, 2.24) is 25.1 Å². The van der Waals surface area contributed by atoms with Gasteiger partial charge in [0.15, 0.2) is 0 Å². The molecule has 1 spiro atoms. The molecule has 3 rings (SSSR count). The highest BCUT2D eigenvalue weighted by Crippen LogP contribution is 2.30. The van der Waals surface area contributed by atoms with Gasteiger partial charge in [-0.2, -0.15) is 0 Å². The number of rotatable bonds is 2. The van der Waals surface area contributed by atoms with E-state index in [-0.39, 0.29) is 17.4 Å². The van der Waals surface area contributed by atoms with Gasteiger partial charge in [-0.1, -0.05) is 0 Å². The van der Waals surface area contributed by atoms with Crippen LogP contribution in [-0.4, -0.2) is 77.4 Å². The van der Waals surface area contributed by atoms with Crippen molar-refractivity contribution in [2.75, 3.05) is 45.6 Å². The fourth-order valence-electron chi connectivity index (χ4n) is 3.52. The van der Waals surface area contributed by atoms with E-state index in [1.165, 1.54) is 0 Å². The van der Waals surface area contributed by atoms with Crippen molar-refractivity contribution in [2.45, 2.75) is 24.8 Å². The molecule has 24 heavy (non-hydrogen) atoms. The predicted octanol–water partition coefficient (Wildman–Crippen LogP) is -0.0552. The Hall–Kier alpha value is -2.22. The zero-order chi connectivity index (χ0) is 17.2. The average molecular weight is 332 g/mol. The number of anilines is 1. The third-order valence-corrected chi connectivity index (χ3v) is 5.14. The van der Waals surface area contributed by atoms with Crippen molar-refractivity contribution in [3.05, 3.63) is 18.0 Å². The predicted molar refractivity (Wildman–Crippen MR) is 89.7 cm³/mol. The van der Waals surface area contributed by atoms with Crippen LogP contribution in [0.15, 0.2) is 12.4 Å². The molecule has 130 valence electrons. The molecule has 2 saturated heterocycles. The Morgan fingerprint density at radius 3 is 2.75 bits per heavy atom. The summed E-state index contributed by atoms with van der Waals surface area (Å²) < 4.78 is 0. The Morgan fingerprint density at radius 2 is 2.04 bits per heavy atom. The first-order valence-corrected chi connectivity index (χ1v) is 8.31. The fourth-order valence-corrected chi connectivity index (χ4v) is 3.52. The summed E-state index contributed by atoms with van der Waals surface area (Å²) >= 11 is 0. The minimum Gasteiger partial charge on any atom is -0.357 e. The number of hydrogen-bond acceptors (Lipinski definition) is 6. The minimum atomic E-state index is -0.140. The van der Waals surface area contributed by atoms with Gasteiger partial charge in [0.1, 0.15) is 0 Å². The SMILES string of the molecule is CNc1ncc(C(=O)N2CCN(C)C3(CCNC(=O)CC3)C2)cn1. The maximum Gasteiger partial charge on any atom is 0.257 e. The van der Waals surface area contributed by atoms with E-state index in [4.69, 9.17) is 0 Å². The van der Waals surface area contributed by atoms with Crippen molar-refractivity contribution < 1.29 is 9.59 Å². The van der Waals surface area contributed by atoms with E-state index in [1.807, 2.05) is 4.90 Å². The quantitative estimate of drug-likeness (QED) is 0.789. The molecule has 0 aliphatic carbocycles. The highest BCUT2D eigenvalue weighted by molar-refractivity contribution is 5.93. The molecule has 2 aliphatic rings. The van der Waals surface area contributed by atoms with Crippen LogP contribution in [0.2, 0.25) is 0 Å². The Morgan fingerprint density at radius 1 is 1.29 bits per heavy atom. The molecule has 8 nitrogen and oxygen atoms in total. The highest BCUT2D eigenvalue weighted by Gasteiger charge is 2.42. The molecule has 1 atom stereocenters. The first-order chi connectivity index (χ1) is 11.5. The third kappa shape index (κ3) is 3.19. The molecule has 2 fully saturated rings. The monoisotopic (exact) mass is 332 g/mol. The number of hydrogen-bond donors (Lipinski definition) is 2. The number of amides is 2. The van der Waals surface area contributed by atoms with Crippen LogP contribution in [0.1, 0.15) is 29.6 Å². The Bertz CT molecular complexity index is 619. The first-order valence-electron chi connectivity index (χ1n) is 8.31. The van der Waals surface area contributed by atoms with E-state index in [2.05, 4.69) is 32.5 Å². The number of likely N-dealkylation sites (N-methyl/N-ethyl adjacent to an activating group) is 1. The molecule has 1 aromatic rings. The van der Waals surface area contributed by atoms with Gasteiger partial charge in [0.2, 0.25) is 11.9 Å². The number of aromatic nitrogens is 2. The molecule has 2 N–H and O–H groups in total. The number of nitrogens with one attached hydrogen (secondary N) is 2. The summed E-state index contributed by atoms with van der Waals surface area (Å²) in [6.45, 7) is 2.76. The molecule has 0 radical (unpaired) electrons. The van der Waals surface area contributed by atoms with Crippen molar-refractivity contribution >= 4 is 17.8 Å². The van der Waals surface area contributed by atoms with Crippen LogP contribution < -0.4 is 10.6 Å². The van der Waals surface area contributed by atoms with Crippen molar-refractivity contribution in [3.8, 4) is 0 Å². The third-order valence-electron chi connectivity index (χ3n) is 5.14. The molecule has 1 aromatic heterocycles. The molecule has 2 amide bonds. The van der Waals surface area contributed by atoms with Gasteiger partial charge < -0.3 is 15.5 Å². The Kier molecular flexibility index (Phi) is 4.66. The van der Waals surface area contributed by atoms with Gasteiger partial charge in [-0.05, 0) is 19.9 Å². The van der Waals surface area contributed by atoms with Crippen LogP contribution >= 0.6 is 0 Å². The Balaban J connectivity index is 1.76. The summed E-state index contributed by atoms with van der Waals surface area (Å²) in [5.74, 6) is 0.545. The first kappa shape index (κ1) is 16.6. The van der Waals surface area contributed by atoms with Crippen LogP contribution in [0.4, 0.5) is 5.95 Å². The number of carbonyl (C=O) groups is 2. The minimum absolute atomic E-state index is 0.0475. The molecule has 1 unspecified atom stereocenters. The van der Waals surface area contributed by atoms with Gasteiger partial charge in [-0.25, -0.2) is 9.97 Å². The second kappa shape index (κ2) is 6.72. The molecule has 2 aliphatic heterocycles. The van der Waals surface area contributed by atoms with Crippen LogP contribution in [-0.2, 0) is 4.79 Å². The molecule has 3 heterocycles. The summed E-state index contributed by atoms with van der Waals surface area (Å²) in [5, 5.41) is 5.77. The van der Waals surface area contributed by atoms with Crippen LogP contribution in [0.25, 0.3) is 0 Å². The summed E-state index contributed by atoms with van der Waals surface area (Å²) in [7, 11) is 3.82. The standard InChI is InChI=1S/C16H24N6O2/c1-17-15-19-9-12(10-20-15)14(24)22-8-7-21(2)16(11-22)4-3-13(23)18-6-5-16/h9-10H,3-8,11H2,1-2H3,(H,18,23)(H,17,19,20). The topological polar surface area (TPSA) is 90.5 Å². The van der Waals surface area contributed by atoms with Crippen molar-refractivity contribution in [3.63, 3.8) is 0 Å². The Labute approximate surface area is 141 Å². The zero-order valence-corrected chi connectivity index (χ0v) is 14.2. The molecule has 0 bridgehead atoms. The van der Waals surface area contributed by atoms with E-state index in [9.17, 15) is 9.59 Å². The zero-order valence-electron chi connectivity index (χ0n) is 14.2. The number of piperazine rings is 1.